The Bertz CT molecular complexity index is 232. The molecule has 0 radical (unpaired) electrons. The fraction of sp³-hybridized carbons (Fsp3) is 0.923. The lowest BCUT2D eigenvalue weighted by Gasteiger charge is -2.17. The topological polar surface area (TPSA) is 49.3 Å². The molecule has 0 heterocycles. The van der Waals surface area contributed by atoms with Crippen molar-refractivity contribution in [2.75, 3.05) is 6.54 Å². The molecule has 92 valence electrons. The molecule has 1 atom stereocenters. The van der Waals surface area contributed by atoms with Crippen molar-refractivity contribution in [2.45, 2.75) is 57.5 Å². The number of carbonyl (C=O) groups is 1. The summed E-state index contributed by atoms with van der Waals surface area (Å²) in [7, 11) is 0. The highest BCUT2D eigenvalue weighted by atomic mass is 16.3. The maximum atomic E-state index is 11.5. The van der Waals surface area contributed by atoms with Crippen LogP contribution in [0.2, 0.25) is 0 Å². The number of nitrogens with one attached hydrogen (secondary N) is 1. The van der Waals surface area contributed by atoms with Crippen molar-refractivity contribution in [2.24, 2.45) is 11.8 Å². The number of aliphatic hydroxyl groups is 1. The van der Waals surface area contributed by atoms with Crippen molar-refractivity contribution in [1.29, 1.82) is 0 Å². The Morgan fingerprint density at radius 1 is 1.25 bits per heavy atom. The lowest BCUT2D eigenvalue weighted by Crippen LogP contribution is -2.35. The predicted molar refractivity (Wildman–Crippen MR) is 62.9 cm³/mol. The highest BCUT2D eigenvalue weighted by molar-refractivity contribution is 5.75. The Morgan fingerprint density at radius 3 is 2.56 bits per heavy atom. The van der Waals surface area contributed by atoms with E-state index in [1.165, 1.54) is 25.7 Å². The van der Waals surface area contributed by atoms with Crippen molar-refractivity contribution in [3.05, 3.63) is 0 Å². The monoisotopic (exact) mass is 225 g/mol. The Hall–Kier alpha value is -0.570. The molecule has 2 aliphatic rings. The van der Waals surface area contributed by atoms with Crippen LogP contribution in [0.15, 0.2) is 0 Å². The Balaban J connectivity index is 1.55. The molecule has 2 saturated carbocycles. The van der Waals surface area contributed by atoms with Gasteiger partial charge >= 0.3 is 0 Å². The highest BCUT2D eigenvalue weighted by Crippen LogP contribution is 2.33. The molecule has 0 aliphatic heterocycles. The Labute approximate surface area is 97.6 Å². The molecule has 0 bridgehead atoms. The molecule has 2 N–H and O–H groups in total. The third-order valence-electron chi connectivity index (χ3n) is 3.93. The first-order valence-corrected chi connectivity index (χ1v) is 6.70. The van der Waals surface area contributed by atoms with Crippen LogP contribution in [0, 0.1) is 11.8 Å². The summed E-state index contributed by atoms with van der Waals surface area (Å²) in [5, 5.41) is 12.7. The summed E-state index contributed by atoms with van der Waals surface area (Å²) in [5.74, 6) is 1.35. The normalized spacial score (nSPS) is 23.3. The van der Waals surface area contributed by atoms with Crippen LogP contribution in [0.25, 0.3) is 0 Å². The molecule has 1 amide bonds. The minimum Gasteiger partial charge on any atom is -0.391 e. The first-order chi connectivity index (χ1) is 7.75. The van der Waals surface area contributed by atoms with Crippen molar-refractivity contribution in [3.8, 4) is 0 Å². The molecule has 3 heteroatoms. The number of hydrogen-bond donors (Lipinski definition) is 2. The van der Waals surface area contributed by atoms with E-state index in [4.69, 9.17) is 0 Å². The summed E-state index contributed by atoms with van der Waals surface area (Å²) < 4.78 is 0. The molecule has 1 unspecified atom stereocenters. The van der Waals surface area contributed by atoms with Gasteiger partial charge in [0, 0.05) is 13.0 Å². The van der Waals surface area contributed by atoms with Crippen LogP contribution in [0.3, 0.4) is 0 Å². The smallest absolute Gasteiger partial charge is 0.220 e. The first-order valence-electron chi connectivity index (χ1n) is 6.70. The van der Waals surface area contributed by atoms with Gasteiger partial charge < -0.3 is 10.4 Å². The van der Waals surface area contributed by atoms with Gasteiger partial charge in [-0.05, 0) is 31.1 Å². The number of rotatable bonds is 6. The van der Waals surface area contributed by atoms with Gasteiger partial charge in [-0.2, -0.15) is 0 Å². The zero-order valence-electron chi connectivity index (χ0n) is 9.95. The lowest BCUT2D eigenvalue weighted by molar-refractivity contribution is -0.121. The van der Waals surface area contributed by atoms with E-state index in [0.717, 1.165) is 25.2 Å². The molecule has 2 aliphatic carbocycles. The van der Waals surface area contributed by atoms with E-state index in [1.54, 1.807) is 0 Å². The molecule has 0 aromatic heterocycles. The molecular weight excluding hydrogens is 202 g/mol. The zero-order valence-corrected chi connectivity index (χ0v) is 9.95. The van der Waals surface area contributed by atoms with Gasteiger partial charge in [0.15, 0.2) is 0 Å². The largest absolute Gasteiger partial charge is 0.391 e. The summed E-state index contributed by atoms with van der Waals surface area (Å²) >= 11 is 0. The first kappa shape index (κ1) is 11.9. The minimum absolute atomic E-state index is 0.115. The van der Waals surface area contributed by atoms with Gasteiger partial charge in [0.2, 0.25) is 5.91 Å². The van der Waals surface area contributed by atoms with Crippen LogP contribution >= 0.6 is 0 Å². The van der Waals surface area contributed by atoms with Crippen LogP contribution in [-0.4, -0.2) is 23.7 Å². The molecule has 2 rings (SSSR count). The summed E-state index contributed by atoms with van der Waals surface area (Å²) in [4.78, 5) is 11.5. The van der Waals surface area contributed by atoms with Gasteiger partial charge in [-0.15, -0.1) is 0 Å². The third kappa shape index (κ3) is 3.78. The van der Waals surface area contributed by atoms with Gasteiger partial charge in [-0.3, -0.25) is 4.79 Å². The quantitative estimate of drug-likeness (QED) is 0.724. The number of carbonyl (C=O) groups excluding carboxylic acids is 1. The van der Waals surface area contributed by atoms with E-state index in [9.17, 15) is 9.90 Å². The zero-order chi connectivity index (χ0) is 11.4. The average Bonchev–Trinajstić information content (AvgIpc) is 2.95. The maximum absolute atomic E-state index is 11.5. The van der Waals surface area contributed by atoms with E-state index >= 15 is 0 Å². The van der Waals surface area contributed by atoms with Crippen molar-refractivity contribution >= 4 is 5.91 Å². The Kier molecular flexibility index (Phi) is 4.22. The van der Waals surface area contributed by atoms with Crippen molar-refractivity contribution in [1.82, 2.24) is 5.32 Å². The van der Waals surface area contributed by atoms with Gasteiger partial charge in [-0.25, -0.2) is 0 Å². The van der Waals surface area contributed by atoms with Crippen LogP contribution in [-0.2, 0) is 4.79 Å². The summed E-state index contributed by atoms with van der Waals surface area (Å²) in [6.07, 6.45) is 8.67. The van der Waals surface area contributed by atoms with Crippen LogP contribution in [0.5, 0.6) is 0 Å². The van der Waals surface area contributed by atoms with Gasteiger partial charge in [-0.1, -0.05) is 25.7 Å². The van der Waals surface area contributed by atoms with E-state index < -0.39 is 0 Å². The van der Waals surface area contributed by atoms with Gasteiger partial charge in [0.05, 0.1) is 6.10 Å². The molecule has 0 aromatic rings. The Morgan fingerprint density at radius 2 is 1.94 bits per heavy atom. The number of aliphatic hydroxyl groups excluding tert-OH is 1. The van der Waals surface area contributed by atoms with Crippen LogP contribution < -0.4 is 5.32 Å². The summed E-state index contributed by atoms with van der Waals surface area (Å²) in [6, 6.07) is 0. The molecule has 0 aromatic carbocycles. The molecule has 2 fully saturated rings. The van der Waals surface area contributed by atoms with Gasteiger partial charge in [0.25, 0.3) is 0 Å². The fourth-order valence-electron chi connectivity index (χ4n) is 2.56. The van der Waals surface area contributed by atoms with E-state index in [1.807, 2.05) is 0 Å². The third-order valence-corrected chi connectivity index (χ3v) is 3.93. The summed E-state index contributed by atoms with van der Waals surface area (Å²) in [5.41, 5.74) is 0. The highest BCUT2D eigenvalue weighted by Gasteiger charge is 2.24. The second-order valence-electron chi connectivity index (χ2n) is 5.40. The summed E-state index contributed by atoms with van der Waals surface area (Å²) in [6.45, 7) is 0.453. The minimum atomic E-state index is -0.327. The van der Waals surface area contributed by atoms with E-state index in [2.05, 4.69) is 5.32 Å². The SMILES string of the molecule is O=C(CCC1CC1)NCC(O)C1CCCC1. The number of hydrogen-bond acceptors (Lipinski definition) is 2. The van der Waals surface area contributed by atoms with Gasteiger partial charge in [0.1, 0.15) is 0 Å². The second-order valence-corrected chi connectivity index (χ2v) is 5.40. The molecule has 16 heavy (non-hydrogen) atoms. The molecular formula is C13H23NO2. The average molecular weight is 225 g/mol. The fourth-order valence-corrected chi connectivity index (χ4v) is 2.56. The van der Waals surface area contributed by atoms with Crippen LogP contribution in [0.4, 0.5) is 0 Å². The molecule has 0 saturated heterocycles. The van der Waals surface area contributed by atoms with E-state index in [0.29, 0.717) is 18.9 Å². The molecule has 3 nitrogen and oxygen atoms in total. The predicted octanol–water partition coefficient (Wildman–Crippen LogP) is 1.84. The number of amides is 1. The van der Waals surface area contributed by atoms with Crippen LogP contribution in [0.1, 0.15) is 51.4 Å². The van der Waals surface area contributed by atoms with Crippen molar-refractivity contribution < 1.29 is 9.90 Å². The standard InChI is InChI=1S/C13H23NO2/c15-12(11-3-1-2-4-11)9-14-13(16)8-7-10-5-6-10/h10-12,15H,1-9H2,(H,14,16). The molecule has 0 spiro atoms. The second kappa shape index (κ2) is 5.67. The van der Waals surface area contributed by atoms with E-state index in [-0.39, 0.29) is 12.0 Å². The maximum Gasteiger partial charge on any atom is 0.220 e. The lowest BCUT2D eigenvalue weighted by atomic mass is 10.0. The van der Waals surface area contributed by atoms with Crippen molar-refractivity contribution in [3.63, 3.8) is 0 Å².